The van der Waals surface area contributed by atoms with E-state index in [0.717, 1.165) is 5.56 Å². The number of halogens is 1. The summed E-state index contributed by atoms with van der Waals surface area (Å²) < 4.78 is 11.4. The number of benzene rings is 1. The topological polar surface area (TPSA) is 67.9 Å². The van der Waals surface area contributed by atoms with Gasteiger partial charge in [0.2, 0.25) is 11.8 Å². The number of piperidine rings is 1. The lowest BCUT2D eigenvalue weighted by Gasteiger charge is -2.38. The highest BCUT2D eigenvalue weighted by atomic mass is 35.5. The number of hydrogen-bond donors (Lipinski definition) is 1. The SMILES string of the molecule is O=C(NCc1ccc(Cl)cc1)C1(C(=O)N2CCC3(CC2)OCCO3)CC1. The Hall–Kier alpha value is -1.63. The highest BCUT2D eigenvalue weighted by molar-refractivity contribution is 6.30. The van der Waals surface area contributed by atoms with Crippen LogP contribution < -0.4 is 5.32 Å². The summed E-state index contributed by atoms with van der Waals surface area (Å²) in [7, 11) is 0. The van der Waals surface area contributed by atoms with E-state index in [9.17, 15) is 9.59 Å². The maximum atomic E-state index is 12.9. The van der Waals surface area contributed by atoms with E-state index >= 15 is 0 Å². The van der Waals surface area contributed by atoms with Gasteiger partial charge in [-0.05, 0) is 30.5 Å². The molecular formula is C19H23ClN2O4. The van der Waals surface area contributed by atoms with E-state index in [-0.39, 0.29) is 11.8 Å². The molecule has 1 spiro atoms. The molecule has 3 fully saturated rings. The summed E-state index contributed by atoms with van der Waals surface area (Å²) in [4.78, 5) is 27.4. The second-order valence-electron chi connectivity index (χ2n) is 7.29. The molecule has 6 nitrogen and oxygen atoms in total. The van der Waals surface area contributed by atoms with Gasteiger partial charge in [-0.25, -0.2) is 0 Å². The lowest BCUT2D eigenvalue weighted by molar-refractivity contribution is -0.188. The van der Waals surface area contributed by atoms with Crippen molar-refractivity contribution in [1.29, 1.82) is 0 Å². The quantitative estimate of drug-likeness (QED) is 0.815. The van der Waals surface area contributed by atoms with Crippen molar-refractivity contribution < 1.29 is 19.1 Å². The van der Waals surface area contributed by atoms with Crippen molar-refractivity contribution >= 4 is 23.4 Å². The van der Waals surface area contributed by atoms with Gasteiger partial charge in [0.05, 0.1) is 13.2 Å². The minimum atomic E-state index is -0.881. The summed E-state index contributed by atoms with van der Waals surface area (Å²) in [5, 5.41) is 3.57. The normalized spacial score (nSPS) is 23.0. The van der Waals surface area contributed by atoms with Crippen molar-refractivity contribution in [3.63, 3.8) is 0 Å². The fourth-order valence-electron chi connectivity index (χ4n) is 3.76. The van der Waals surface area contributed by atoms with Gasteiger partial charge in [0.1, 0.15) is 5.41 Å². The standard InChI is InChI=1S/C19H23ClN2O4/c20-15-3-1-14(2-4-15)13-21-16(23)18(5-6-18)17(24)22-9-7-19(8-10-22)25-11-12-26-19/h1-4H,5-13H2,(H,21,23). The second-order valence-corrected chi connectivity index (χ2v) is 7.73. The second kappa shape index (κ2) is 6.83. The fourth-order valence-corrected chi connectivity index (χ4v) is 3.88. The summed E-state index contributed by atoms with van der Waals surface area (Å²) >= 11 is 5.87. The van der Waals surface area contributed by atoms with Gasteiger partial charge in [-0.2, -0.15) is 0 Å². The summed E-state index contributed by atoms with van der Waals surface area (Å²) in [6.07, 6.45) is 2.57. The molecule has 1 aromatic carbocycles. The van der Waals surface area contributed by atoms with E-state index in [1.807, 2.05) is 12.1 Å². The van der Waals surface area contributed by atoms with Crippen LogP contribution in [-0.2, 0) is 25.6 Å². The zero-order valence-corrected chi connectivity index (χ0v) is 15.4. The third-order valence-corrected chi connectivity index (χ3v) is 5.84. The fraction of sp³-hybridized carbons (Fsp3) is 0.579. The summed E-state index contributed by atoms with van der Waals surface area (Å²) in [6.45, 7) is 2.78. The van der Waals surface area contributed by atoms with E-state index < -0.39 is 11.2 Å². The van der Waals surface area contributed by atoms with Crippen LogP contribution in [-0.4, -0.2) is 48.8 Å². The summed E-state index contributed by atoms with van der Waals surface area (Å²) in [5.41, 5.74) is 0.0790. The van der Waals surface area contributed by atoms with E-state index in [1.165, 1.54) is 0 Å². The van der Waals surface area contributed by atoms with Crippen LogP contribution in [0.3, 0.4) is 0 Å². The van der Waals surface area contributed by atoms with Crippen molar-refractivity contribution in [1.82, 2.24) is 10.2 Å². The number of carbonyl (C=O) groups excluding carboxylic acids is 2. The average Bonchev–Trinajstić information content (AvgIpc) is 3.36. The lowest BCUT2D eigenvalue weighted by Crippen LogP contribution is -2.51. The van der Waals surface area contributed by atoms with Gasteiger partial charge in [0, 0.05) is 37.5 Å². The highest BCUT2D eigenvalue weighted by Crippen LogP contribution is 2.48. The molecule has 2 heterocycles. The monoisotopic (exact) mass is 378 g/mol. The number of likely N-dealkylation sites (tertiary alicyclic amines) is 1. The van der Waals surface area contributed by atoms with Crippen LogP contribution >= 0.6 is 11.6 Å². The predicted molar refractivity (Wildman–Crippen MR) is 95.4 cm³/mol. The molecule has 1 aliphatic carbocycles. The van der Waals surface area contributed by atoms with Gasteiger partial charge in [0.15, 0.2) is 5.79 Å². The predicted octanol–water partition coefficient (Wildman–Crippen LogP) is 2.10. The lowest BCUT2D eigenvalue weighted by atomic mass is 9.98. The van der Waals surface area contributed by atoms with Crippen molar-refractivity contribution in [2.45, 2.75) is 38.0 Å². The molecule has 2 aliphatic heterocycles. The smallest absolute Gasteiger partial charge is 0.238 e. The van der Waals surface area contributed by atoms with Crippen molar-refractivity contribution in [2.75, 3.05) is 26.3 Å². The number of amides is 2. The minimum Gasteiger partial charge on any atom is -0.351 e. The van der Waals surface area contributed by atoms with Crippen LogP contribution in [0, 0.1) is 5.41 Å². The summed E-state index contributed by atoms with van der Waals surface area (Å²) in [5.74, 6) is -0.741. The molecule has 0 aromatic heterocycles. The Morgan fingerprint density at radius 3 is 2.23 bits per heavy atom. The zero-order valence-electron chi connectivity index (χ0n) is 14.6. The number of nitrogens with one attached hydrogen (secondary N) is 1. The first-order valence-corrected chi connectivity index (χ1v) is 9.51. The van der Waals surface area contributed by atoms with E-state index in [4.69, 9.17) is 21.1 Å². The van der Waals surface area contributed by atoms with Gasteiger partial charge in [-0.3, -0.25) is 9.59 Å². The van der Waals surface area contributed by atoms with E-state index in [2.05, 4.69) is 5.32 Å². The molecule has 2 saturated heterocycles. The zero-order chi connectivity index (χ0) is 18.2. The average molecular weight is 379 g/mol. The highest BCUT2D eigenvalue weighted by Gasteiger charge is 2.58. The van der Waals surface area contributed by atoms with Gasteiger partial charge in [-0.15, -0.1) is 0 Å². The number of hydrogen-bond acceptors (Lipinski definition) is 4. The Kier molecular flexibility index (Phi) is 4.67. The minimum absolute atomic E-state index is 0.0565. The molecule has 3 aliphatic rings. The molecular weight excluding hydrogens is 356 g/mol. The first-order chi connectivity index (χ1) is 12.5. The molecule has 140 valence electrons. The van der Waals surface area contributed by atoms with Crippen LogP contribution in [0.4, 0.5) is 0 Å². The first-order valence-electron chi connectivity index (χ1n) is 9.13. The Labute approximate surface area is 157 Å². The van der Waals surface area contributed by atoms with Crippen molar-refractivity contribution in [2.24, 2.45) is 5.41 Å². The van der Waals surface area contributed by atoms with Gasteiger partial charge in [0.25, 0.3) is 0 Å². The van der Waals surface area contributed by atoms with E-state index in [1.54, 1.807) is 17.0 Å². The molecule has 0 unspecified atom stereocenters. The molecule has 1 aromatic rings. The Balaban J connectivity index is 1.33. The summed E-state index contributed by atoms with van der Waals surface area (Å²) in [6, 6.07) is 7.32. The third kappa shape index (κ3) is 3.33. The Bertz CT molecular complexity index is 686. The van der Waals surface area contributed by atoms with E-state index in [0.29, 0.717) is 63.6 Å². The molecule has 0 radical (unpaired) electrons. The molecule has 26 heavy (non-hydrogen) atoms. The van der Waals surface area contributed by atoms with Gasteiger partial charge < -0.3 is 19.7 Å². The molecule has 7 heteroatoms. The molecule has 2 amide bonds. The van der Waals surface area contributed by atoms with Crippen molar-refractivity contribution in [3.05, 3.63) is 34.9 Å². The van der Waals surface area contributed by atoms with Gasteiger partial charge >= 0.3 is 0 Å². The number of ether oxygens (including phenoxy) is 2. The van der Waals surface area contributed by atoms with Crippen LogP contribution in [0.25, 0.3) is 0 Å². The molecule has 1 N–H and O–H groups in total. The maximum absolute atomic E-state index is 12.9. The largest absolute Gasteiger partial charge is 0.351 e. The molecule has 4 rings (SSSR count). The molecule has 0 bridgehead atoms. The van der Waals surface area contributed by atoms with Crippen LogP contribution in [0.1, 0.15) is 31.2 Å². The Morgan fingerprint density at radius 2 is 1.65 bits per heavy atom. The van der Waals surface area contributed by atoms with Crippen LogP contribution in [0.2, 0.25) is 5.02 Å². The third-order valence-electron chi connectivity index (χ3n) is 5.59. The van der Waals surface area contributed by atoms with Crippen molar-refractivity contribution in [3.8, 4) is 0 Å². The number of nitrogens with zero attached hydrogens (tertiary/aromatic N) is 1. The number of rotatable bonds is 4. The Morgan fingerprint density at radius 1 is 1.04 bits per heavy atom. The van der Waals surface area contributed by atoms with Gasteiger partial charge in [-0.1, -0.05) is 23.7 Å². The first kappa shape index (κ1) is 17.8. The number of carbonyl (C=O) groups is 2. The van der Waals surface area contributed by atoms with Crippen LogP contribution in [0.5, 0.6) is 0 Å². The van der Waals surface area contributed by atoms with Crippen LogP contribution in [0.15, 0.2) is 24.3 Å². The molecule has 0 atom stereocenters. The maximum Gasteiger partial charge on any atom is 0.238 e. The molecule has 1 saturated carbocycles.